The maximum absolute atomic E-state index is 12.6. The van der Waals surface area contributed by atoms with E-state index in [9.17, 15) is 4.79 Å². The van der Waals surface area contributed by atoms with Crippen LogP contribution in [0.4, 0.5) is 0 Å². The Balaban J connectivity index is 1.41. The van der Waals surface area contributed by atoms with Gasteiger partial charge in [-0.2, -0.15) is 0 Å². The molecule has 1 N–H and O–H groups in total. The smallest absolute Gasteiger partial charge is 0.310 e. The number of ether oxygens (including phenoxy) is 3. The largest absolute Gasteiger partial charge is 0.493 e. The fraction of sp³-hybridized carbons (Fsp3) is 0.625. The minimum Gasteiger partial charge on any atom is -0.493 e. The first-order valence-electron chi connectivity index (χ1n) is 10.8. The fourth-order valence-electron chi connectivity index (χ4n) is 5.71. The number of hydrogen-bond acceptors (Lipinski definition) is 5. The van der Waals surface area contributed by atoms with Gasteiger partial charge in [-0.3, -0.25) is 4.79 Å². The van der Waals surface area contributed by atoms with Crippen molar-refractivity contribution in [3.63, 3.8) is 0 Å². The number of nitrogens with one attached hydrogen (secondary N) is 1. The zero-order valence-electron chi connectivity index (χ0n) is 18.0. The third-order valence-corrected chi connectivity index (χ3v) is 7.32. The number of carbonyl (C=O) groups excluding carboxylic acids is 1. The van der Waals surface area contributed by atoms with Gasteiger partial charge in [-0.1, -0.05) is 24.1 Å². The maximum atomic E-state index is 12.6. The number of carbonyl (C=O) groups is 1. The van der Waals surface area contributed by atoms with Crippen LogP contribution in [-0.4, -0.2) is 32.8 Å². The molecule has 0 spiro atoms. The molecule has 2 fully saturated rings. The number of methoxy groups -OCH3 is 2. The lowest BCUT2D eigenvalue weighted by Gasteiger charge is -2.45. The van der Waals surface area contributed by atoms with E-state index in [1.807, 2.05) is 18.2 Å². The molecule has 1 aromatic carbocycles. The summed E-state index contributed by atoms with van der Waals surface area (Å²) in [5.74, 6) is 1.65. The molecular formula is C24H33NO4. The molecule has 1 heterocycles. The van der Waals surface area contributed by atoms with E-state index < -0.39 is 0 Å². The van der Waals surface area contributed by atoms with E-state index in [4.69, 9.17) is 14.2 Å². The summed E-state index contributed by atoms with van der Waals surface area (Å²) in [6, 6.07) is 5.91. The van der Waals surface area contributed by atoms with Crippen molar-refractivity contribution in [2.75, 3.05) is 20.8 Å². The SMILES string of the molecule is COc1ccc(CNCC2C(=O)OC3CC4(C)CCCC(C)=C4CC32)cc1OC. The molecule has 3 aliphatic rings. The Bertz CT molecular complexity index is 817. The summed E-state index contributed by atoms with van der Waals surface area (Å²) in [7, 11) is 3.28. The van der Waals surface area contributed by atoms with Gasteiger partial charge in [-0.15, -0.1) is 0 Å². The number of allylic oxidation sites excluding steroid dienone is 2. The molecule has 1 aliphatic heterocycles. The monoisotopic (exact) mass is 399 g/mol. The highest BCUT2D eigenvalue weighted by atomic mass is 16.6. The van der Waals surface area contributed by atoms with Crippen LogP contribution in [-0.2, 0) is 16.1 Å². The quantitative estimate of drug-likeness (QED) is 0.572. The van der Waals surface area contributed by atoms with E-state index in [0.717, 1.165) is 29.9 Å². The van der Waals surface area contributed by atoms with Crippen LogP contribution in [0.25, 0.3) is 0 Å². The number of rotatable bonds is 6. The maximum Gasteiger partial charge on any atom is 0.310 e. The van der Waals surface area contributed by atoms with Crippen molar-refractivity contribution in [3.05, 3.63) is 34.9 Å². The second-order valence-electron chi connectivity index (χ2n) is 9.15. The highest BCUT2D eigenvalue weighted by molar-refractivity contribution is 5.76. The standard InChI is InChI=1S/C24H33NO4/c1-15-6-5-9-24(2)12-22-17(11-19(15)24)18(23(26)29-22)14-25-13-16-7-8-20(27-3)21(10-16)28-4/h7-8,10,17-18,22,25H,5-6,9,11-14H2,1-4H3. The molecule has 4 unspecified atom stereocenters. The summed E-state index contributed by atoms with van der Waals surface area (Å²) in [6.07, 6.45) is 5.77. The third kappa shape index (κ3) is 3.77. The van der Waals surface area contributed by atoms with Crippen molar-refractivity contribution < 1.29 is 19.0 Å². The lowest BCUT2D eigenvalue weighted by molar-refractivity contribution is -0.145. The van der Waals surface area contributed by atoms with E-state index in [0.29, 0.717) is 19.0 Å². The fourth-order valence-corrected chi connectivity index (χ4v) is 5.71. The van der Waals surface area contributed by atoms with E-state index in [2.05, 4.69) is 19.2 Å². The van der Waals surface area contributed by atoms with E-state index in [1.54, 1.807) is 25.4 Å². The van der Waals surface area contributed by atoms with Crippen LogP contribution in [0, 0.1) is 17.3 Å². The van der Waals surface area contributed by atoms with Crippen molar-refractivity contribution in [2.45, 2.75) is 58.6 Å². The van der Waals surface area contributed by atoms with Crippen molar-refractivity contribution >= 4 is 5.97 Å². The summed E-state index contributed by atoms with van der Waals surface area (Å²) < 4.78 is 16.5. The third-order valence-electron chi connectivity index (χ3n) is 7.32. The molecule has 2 aliphatic carbocycles. The molecular weight excluding hydrogens is 366 g/mol. The van der Waals surface area contributed by atoms with Gasteiger partial charge in [0.25, 0.3) is 0 Å². The van der Waals surface area contributed by atoms with Gasteiger partial charge in [0.1, 0.15) is 6.10 Å². The number of benzene rings is 1. The van der Waals surface area contributed by atoms with Gasteiger partial charge < -0.3 is 19.5 Å². The van der Waals surface area contributed by atoms with Crippen LogP contribution in [0.2, 0.25) is 0 Å². The molecule has 5 nitrogen and oxygen atoms in total. The van der Waals surface area contributed by atoms with Crippen molar-refractivity contribution in [3.8, 4) is 11.5 Å². The Hall–Kier alpha value is -2.01. The number of hydrogen-bond donors (Lipinski definition) is 1. The van der Waals surface area contributed by atoms with Gasteiger partial charge in [0.05, 0.1) is 20.1 Å². The van der Waals surface area contributed by atoms with Crippen LogP contribution in [0.5, 0.6) is 11.5 Å². The topological polar surface area (TPSA) is 56.8 Å². The van der Waals surface area contributed by atoms with Gasteiger partial charge in [0.2, 0.25) is 0 Å². The second kappa shape index (κ2) is 8.02. The van der Waals surface area contributed by atoms with Crippen LogP contribution in [0.3, 0.4) is 0 Å². The van der Waals surface area contributed by atoms with Gasteiger partial charge in [0, 0.05) is 19.0 Å². The van der Waals surface area contributed by atoms with Gasteiger partial charge >= 0.3 is 5.97 Å². The lowest BCUT2D eigenvalue weighted by atomic mass is 9.59. The predicted molar refractivity (Wildman–Crippen MR) is 112 cm³/mol. The Kier molecular flexibility index (Phi) is 5.60. The Labute approximate surface area is 173 Å². The predicted octanol–water partition coefficient (Wildman–Crippen LogP) is 4.25. The van der Waals surface area contributed by atoms with E-state index >= 15 is 0 Å². The van der Waals surface area contributed by atoms with Crippen molar-refractivity contribution in [1.82, 2.24) is 5.32 Å². The minimum absolute atomic E-state index is 0.0275. The van der Waals surface area contributed by atoms with Crippen LogP contribution in [0.1, 0.15) is 51.5 Å². The highest BCUT2D eigenvalue weighted by Gasteiger charge is 2.52. The number of fused-ring (bicyclic) bond motifs is 2. The molecule has 158 valence electrons. The molecule has 4 atom stereocenters. The molecule has 1 saturated heterocycles. The summed E-state index contributed by atoms with van der Waals surface area (Å²) in [5.41, 5.74) is 4.49. The summed E-state index contributed by atoms with van der Waals surface area (Å²) in [5, 5.41) is 3.48. The molecule has 0 radical (unpaired) electrons. The molecule has 0 aromatic heterocycles. The van der Waals surface area contributed by atoms with E-state index in [-0.39, 0.29) is 23.4 Å². The van der Waals surface area contributed by atoms with Crippen LogP contribution < -0.4 is 14.8 Å². The molecule has 0 bridgehead atoms. The van der Waals surface area contributed by atoms with Gasteiger partial charge in [-0.25, -0.2) is 0 Å². The Morgan fingerprint density at radius 2 is 2.03 bits per heavy atom. The Morgan fingerprint density at radius 1 is 1.24 bits per heavy atom. The summed E-state index contributed by atoms with van der Waals surface area (Å²) in [6.45, 7) is 5.99. The van der Waals surface area contributed by atoms with Crippen molar-refractivity contribution in [1.29, 1.82) is 0 Å². The normalized spacial score (nSPS) is 31.2. The first-order chi connectivity index (χ1) is 13.9. The first-order valence-corrected chi connectivity index (χ1v) is 10.8. The Morgan fingerprint density at radius 3 is 2.79 bits per heavy atom. The average molecular weight is 400 g/mol. The number of esters is 1. The lowest BCUT2D eigenvalue weighted by Crippen LogP contribution is -2.40. The minimum atomic E-state index is -0.0630. The summed E-state index contributed by atoms with van der Waals surface area (Å²) >= 11 is 0. The van der Waals surface area contributed by atoms with Crippen LogP contribution >= 0.6 is 0 Å². The molecule has 4 rings (SSSR count). The van der Waals surface area contributed by atoms with E-state index in [1.165, 1.54) is 19.3 Å². The van der Waals surface area contributed by atoms with Gasteiger partial charge in [-0.05, 0) is 62.1 Å². The molecule has 1 saturated carbocycles. The molecule has 5 heteroatoms. The molecule has 0 amide bonds. The van der Waals surface area contributed by atoms with Crippen molar-refractivity contribution in [2.24, 2.45) is 17.3 Å². The van der Waals surface area contributed by atoms with Gasteiger partial charge in [0.15, 0.2) is 11.5 Å². The summed E-state index contributed by atoms with van der Waals surface area (Å²) in [4.78, 5) is 12.6. The van der Waals surface area contributed by atoms with Crippen LogP contribution in [0.15, 0.2) is 29.3 Å². The average Bonchev–Trinajstić information content (AvgIpc) is 3.00. The first kappa shape index (κ1) is 20.3. The zero-order chi connectivity index (χ0) is 20.6. The highest BCUT2D eigenvalue weighted by Crippen LogP contribution is 2.54. The second-order valence-corrected chi connectivity index (χ2v) is 9.15. The molecule has 1 aromatic rings. The molecule has 29 heavy (non-hydrogen) atoms. The zero-order valence-corrected chi connectivity index (χ0v) is 18.0.